The van der Waals surface area contributed by atoms with Gasteiger partial charge in [0.05, 0.1) is 6.04 Å². The van der Waals surface area contributed by atoms with Crippen molar-refractivity contribution in [3.8, 4) is 0 Å². The fourth-order valence-corrected chi connectivity index (χ4v) is 3.63. The molecule has 0 aliphatic carbocycles. The summed E-state index contributed by atoms with van der Waals surface area (Å²) >= 11 is 1.55. The molecule has 0 fully saturated rings. The number of thioether (sulfide) groups is 1. The molecule has 5 atom stereocenters. The Balaban J connectivity index is 5.53. The maximum atomic E-state index is 13.1. The lowest BCUT2D eigenvalue weighted by atomic mass is 9.97. The molecule has 10 N–H and O–H groups in total. The molecule has 0 radical (unpaired) electrons. The van der Waals surface area contributed by atoms with Gasteiger partial charge in [0.25, 0.3) is 0 Å². The largest absolute Gasteiger partial charge is 0.480 e. The monoisotopic (exact) mass is 517 g/mol. The van der Waals surface area contributed by atoms with E-state index >= 15 is 0 Å². The maximum Gasteiger partial charge on any atom is 0.326 e. The van der Waals surface area contributed by atoms with E-state index in [4.69, 9.17) is 17.2 Å². The number of aliphatic imine (C=N–C) groups is 1. The smallest absolute Gasteiger partial charge is 0.326 e. The van der Waals surface area contributed by atoms with Crippen molar-refractivity contribution >= 4 is 41.4 Å². The van der Waals surface area contributed by atoms with Gasteiger partial charge in [0.15, 0.2) is 5.96 Å². The minimum Gasteiger partial charge on any atom is -0.480 e. The number of nitrogens with two attached hydrogens (primary N) is 3. The molecule has 0 saturated heterocycles. The molecule has 35 heavy (non-hydrogen) atoms. The van der Waals surface area contributed by atoms with Crippen LogP contribution >= 0.6 is 11.8 Å². The van der Waals surface area contributed by atoms with Crippen molar-refractivity contribution in [2.24, 2.45) is 34.0 Å². The number of rotatable bonds is 17. The van der Waals surface area contributed by atoms with Gasteiger partial charge in [-0.25, -0.2) is 4.79 Å². The predicted molar refractivity (Wildman–Crippen MR) is 139 cm³/mol. The predicted octanol–water partition coefficient (Wildman–Crippen LogP) is -0.638. The van der Waals surface area contributed by atoms with E-state index < -0.39 is 47.9 Å². The summed E-state index contributed by atoms with van der Waals surface area (Å²) in [5.41, 5.74) is 16.6. The van der Waals surface area contributed by atoms with Crippen LogP contribution in [0.3, 0.4) is 0 Å². The van der Waals surface area contributed by atoms with Crippen LogP contribution in [-0.2, 0) is 19.2 Å². The van der Waals surface area contributed by atoms with Gasteiger partial charge in [0.2, 0.25) is 17.7 Å². The highest BCUT2D eigenvalue weighted by Crippen LogP contribution is 2.11. The summed E-state index contributed by atoms with van der Waals surface area (Å²) in [6.07, 6.45) is 3.50. The molecule has 0 heterocycles. The number of guanidine groups is 1. The van der Waals surface area contributed by atoms with Crippen LogP contribution in [0.25, 0.3) is 0 Å². The number of nitrogens with zero attached hydrogens (tertiary/aromatic N) is 1. The molecule has 0 aromatic carbocycles. The van der Waals surface area contributed by atoms with E-state index in [1.807, 2.05) is 13.2 Å². The topological polar surface area (TPSA) is 215 Å². The number of aliphatic carboxylic acids is 1. The molecule has 5 unspecified atom stereocenters. The van der Waals surface area contributed by atoms with Crippen LogP contribution in [0, 0.1) is 11.8 Å². The average Bonchev–Trinajstić information content (AvgIpc) is 2.79. The lowest BCUT2D eigenvalue weighted by Gasteiger charge is -2.28. The van der Waals surface area contributed by atoms with Crippen LogP contribution < -0.4 is 33.2 Å². The molecule has 0 saturated carbocycles. The van der Waals surface area contributed by atoms with E-state index in [-0.39, 0.29) is 30.8 Å². The fraction of sp³-hybridized carbons (Fsp3) is 0.773. The number of carbonyl (C=O) groups is 4. The summed E-state index contributed by atoms with van der Waals surface area (Å²) in [6, 6.07) is -3.85. The molecule has 0 aliphatic heterocycles. The standard InChI is InChI=1S/C22H43N7O5S/c1-6-13(4)17(21(33)34)29-20(32)16(12(2)3)28-19(31)15(8-7-10-26-22(24)25)27-18(30)14(23)9-11-35-5/h12-17H,6-11,23H2,1-5H3,(H,27,30)(H,28,31)(H,29,32)(H,33,34)(H4,24,25,26). The zero-order chi connectivity index (χ0) is 27.1. The second kappa shape index (κ2) is 17.0. The number of carboxylic acids is 1. The van der Waals surface area contributed by atoms with Crippen LogP contribution in [0.1, 0.15) is 53.4 Å². The maximum absolute atomic E-state index is 13.1. The minimum absolute atomic E-state index is 0.0834. The second-order valence-electron chi connectivity index (χ2n) is 8.84. The first-order valence-electron chi connectivity index (χ1n) is 11.8. The molecule has 13 heteroatoms. The Bertz CT molecular complexity index is 731. The number of hydrogen-bond acceptors (Lipinski definition) is 7. The van der Waals surface area contributed by atoms with Gasteiger partial charge in [-0.2, -0.15) is 11.8 Å². The Morgan fingerprint density at radius 1 is 0.943 bits per heavy atom. The van der Waals surface area contributed by atoms with Gasteiger partial charge in [-0.05, 0) is 43.1 Å². The summed E-state index contributed by atoms with van der Waals surface area (Å²) in [4.78, 5) is 54.1. The highest BCUT2D eigenvalue weighted by Gasteiger charge is 2.33. The normalized spacial score (nSPS) is 15.3. The Morgan fingerprint density at radius 2 is 1.54 bits per heavy atom. The highest BCUT2D eigenvalue weighted by atomic mass is 32.2. The average molecular weight is 518 g/mol. The van der Waals surface area contributed by atoms with E-state index in [0.29, 0.717) is 25.0 Å². The number of amides is 3. The number of hydrogen-bond donors (Lipinski definition) is 7. The van der Waals surface area contributed by atoms with Crippen molar-refractivity contribution < 1.29 is 24.3 Å². The molecule has 202 valence electrons. The molecule has 0 bridgehead atoms. The van der Waals surface area contributed by atoms with Crippen LogP contribution in [0.2, 0.25) is 0 Å². The van der Waals surface area contributed by atoms with Crippen molar-refractivity contribution in [1.29, 1.82) is 0 Å². The molecular weight excluding hydrogens is 474 g/mol. The molecular formula is C22H43N7O5S. The van der Waals surface area contributed by atoms with Gasteiger partial charge >= 0.3 is 5.97 Å². The van der Waals surface area contributed by atoms with Gasteiger partial charge in [0.1, 0.15) is 18.1 Å². The molecule has 0 aliphatic rings. The highest BCUT2D eigenvalue weighted by molar-refractivity contribution is 7.98. The van der Waals surface area contributed by atoms with E-state index in [1.54, 1.807) is 32.5 Å². The zero-order valence-electron chi connectivity index (χ0n) is 21.4. The summed E-state index contributed by atoms with van der Waals surface area (Å²) in [5.74, 6) is -2.85. The van der Waals surface area contributed by atoms with Gasteiger partial charge in [-0.3, -0.25) is 19.4 Å². The van der Waals surface area contributed by atoms with Gasteiger partial charge < -0.3 is 38.3 Å². The van der Waals surface area contributed by atoms with Crippen molar-refractivity contribution in [2.45, 2.75) is 77.5 Å². The summed E-state index contributed by atoms with van der Waals surface area (Å²) < 4.78 is 0. The van der Waals surface area contributed by atoms with Gasteiger partial charge in [-0.15, -0.1) is 0 Å². The van der Waals surface area contributed by atoms with Crippen molar-refractivity contribution in [1.82, 2.24) is 16.0 Å². The molecule has 0 spiro atoms. The number of carbonyl (C=O) groups excluding carboxylic acids is 3. The fourth-order valence-electron chi connectivity index (χ4n) is 3.14. The summed E-state index contributed by atoms with van der Waals surface area (Å²) in [7, 11) is 0. The second-order valence-corrected chi connectivity index (χ2v) is 9.82. The van der Waals surface area contributed by atoms with E-state index in [1.165, 1.54) is 0 Å². The Hall–Kier alpha value is -2.54. The molecule has 0 rings (SSSR count). The minimum atomic E-state index is -1.15. The lowest BCUT2D eigenvalue weighted by molar-refractivity contribution is -0.144. The van der Waals surface area contributed by atoms with E-state index in [2.05, 4.69) is 20.9 Å². The first kappa shape index (κ1) is 32.5. The molecule has 0 aromatic heterocycles. The van der Waals surface area contributed by atoms with Crippen LogP contribution in [0.4, 0.5) is 0 Å². The quantitative estimate of drug-likeness (QED) is 0.0740. The number of nitrogens with one attached hydrogen (secondary N) is 3. The lowest BCUT2D eigenvalue weighted by Crippen LogP contribution is -2.59. The van der Waals surface area contributed by atoms with E-state index in [0.717, 1.165) is 0 Å². The Kier molecular flexibility index (Phi) is 15.7. The number of carboxylic acid groups (broad SMARTS) is 1. The molecule has 0 aromatic rings. The Labute approximate surface area is 212 Å². The van der Waals surface area contributed by atoms with Crippen molar-refractivity contribution in [3.05, 3.63) is 0 Å². The Morgan fingerprint density at radius 3 is 2.03 bits per heavy atom. The third kappa shape index (κ3) is 12.6. The molecule has 3 amide bonds. The first-order valence-corrected chi connectivity index (χ1v) is 13.2. The zero-order valence-corrected chi connectivity index (χ0v) is 22.2. The van der Waals surface area contributed by atoms with E-state index in [9.17, 15) is 24.3 Å². The van der Waals surface area contributed by atoms with Gasteiger partial charge in [0, 0.05) is 6.54 Å². The van der Waals surface area contributed by atoms with Crippen molar-refractivity contribution in [2.75, 3.05) is 18.6 Å². The van der Waals surface area contributed by atoms with Crippen LogP contribution in [-0.4, -0.2) is 77.5 Å². The van der Waals surface area contributed by atoms with Crippen molar-refractivity contribution in [3.63, 3.8) is 0 Å². The van der Waals surface area contributed by atoms with Gasteiger partial charge in [-0.1, -0.05) is 34.1 Å². The molecule has 12 nitrogen and oxygen atoms in total. The first-order chi connectivity index (χ1) is 16.3. The SMILES string of the molecule is CCC(C)C(NC(=O)C(NC(=O)C(CCCN=C(N)N)NC(=O)C(N)CCSC)C(C)C)C(=O)O. The summed E-state index contributed by atoms with van der Waals surface area (Å²) in [6.45, 7) is 7.27. The van der Waals surface area contributed by atoms with Crippen LogP contribution in [0.5, 0.6) is 0 Å². The van der Waals surface area contributed by atoms with Crippen LogP contribution in [0.15, 0.2) is 4.99 Å². The third-order valence-electron chi connectivity index (χ3n) is 5.57. The third-order valence-corrected chi connectivity index (χ3v) is 6.22. The summed E-state index contributed by atoms with van der Waals surface area (Å²) in [5, 5.41) is 17.4.